The van der Waals surface area contributed by atoms with Crippen molar-refractivity contribution in [1.82, 2.24) is 0 Å². The van der Waals surface area contributed by atoms with E-state index in [-0.39, 0.29) is 23.0 Å². The molecule has 2 nitrogen and oxygen atoms in total. The van der Waals surface area contributed by atoms with Crippen molar-refractivity contribution >= 4 is 0 Å². The Labute approximate surface area is 177 Å². The van der Waals surface area contributed by atoms with E-state index >= 15 is 0 Å². The van der Waals surface area contributed by atoms with Gasteiger partial charge in [0.2, 0.25) is 5.82 Å². The molecule has 0 N–H and O–H groups in total. The average molecular weight is 421 g/mol. The van der Waals surface area contributed by atoms with Crippen LogP contribution in [0, 0.1) is 23.4 Å². The lowest BCUT2D eigenvalue weighted by molar-refractivity contribution is -0.0199. The molecule has 0 aliphatic carbocycles. The molecule has 2 aromatic carbocycles. The van der Waals surface area contributed by atoms with E-state index in [1.54, 1.807) is 6.07 Å². The SMILES string of the molecule is CCCCOc1ccc(-c2ccc(C3CCC(CCCC)CO3)cc2F)c(F)c1F. The highest BCUT2D eigenvalue weighted by atomic mass is 19.2. The fraction of sp³-hybridized carbons (Fsp3) is 0.520. The summed E-state index contributed by atoms with van der Waals surface area (Å²) < 4.78 is 55.0. The summed E-state index contributed by atoms with van der Waals surface area (Å²) in [6.45, 7) is 5.17. The Hall–Kier alpha value is -2.01. The van der Waals surface area contributed by atoms with Crippen molar-refractivity contribution in [3.8, 4) is 16.9 Å². The number of hydrogen-bond donors (Lipinski definition) is 0. The minimum atomic E-state index is -1.09. The Morgan fingerprint density at radius 1 is 0.933 bits per heavy atom. The standard InChI is InChI=1S/C25H31F3O2/c1-3-5-7-17-8-12-22(30-16-17)18-9-10-19(21(26)15-18)20-11-13-23(25(28)24(20)27)29-14-6-4-2/h9-11,13,15,17,22H,3-8,12,14,16H2,1-2H3. The molecule has 1 heterocycles. The van der Waals surface area contributed by atoms with Crippen molar-refractivity contribution in [2.45, 2.75) is 64.9 Å². The monoisotopic (exact) mass is 420 g/mol. The summed E-state index contributed by atoms with van der Waals surface area (Å²) in [5.74, 6) is -2.33. The van der Waals surface area contributed by atoms with Gasteiger partial charge in [0, 0.05) is 11.1 Å². The van der Waals surface area contributed by atoms with E-state index in [4.69, 9.17) is 9.47 Å². The number of unbranched alkanes of at least 4 members (excludes halogenated alkanes) is 2. The second-order valence-electron chi connectivity index (χ2n) is 8.09. The number of ether oxygens (including phenoxy) is 2. The predicted octanol–water partition coefficient (Wildman–Crippen LogP) is 7.61. The molecule has 3 rings (SSSR count). The van der Waals surface area contributed by atoms with Gasteiger partial charge >= 0.3 is 0 Å². The molecular weight excluding hydrogens is 389 g/mol. The van der Waals surface area contributed by atoms with Crippen LogP contribution < -0.4 is 4.74 Å². The summed E-state index contributed by atoms with van der Waals surface area (Å²) in [5.41, 5.74) is 0.668. The molecule has 2 unspecified atom stereocenters. The van der Waals surface area contributed by atoms with Gasteiger partial charge < -0.3 is 9.47 Å². The van der Waals surface area contributed by atoms with Crippen molar-refractivity contribution < 1.29 is 22.6 Å². The first-order valence-corrected chi connectivity index (χ1v) is 11.1. The van der Waals surface area contributed by atoms with E-state index in [0.717, 1.165) is 31.2 Å². The highest BCUT2D eigenvalue weighted by Crippen LogP contribution is 2.36. The fourth-order valence-electron chi connectivity index (χ4n) is 3.92. The molecule has 2 atom stereocenters. The topological polar surface area (TPSA) is 18.5 Å². The minimum Gasteiger partial charge on any atom is -0.490 e. The van der Waals surface area contributed by atoms with Gasteiger partial charge in [0.15, 0.2) is 11.6 Å². The normalized spacial score (nSPS) is 19.1. The van der Waals surface area contributed by atoms with Crippen molar-refractivity contribution in [3.05, 3.63) is 53.3 Å². The molecule has 164 valence electrons. The maximum absolute atomic E-state index is 14.8. The second kappa shape index (κ2) is 10.9. The zero-order valence-corrected chi connectivity index (χ0v) is 17.9. The molecule has 1 aliphatic rings. The molecule has 30 heavy (non-hydrogen) atoms. The zero-order valence-electron chi connectivity index (χ0n) is 17.9. The summed E-state index contributed by atoms with van der Waals surface area (Å²) >= 11 is 0. The van der Waals surface area contributed by atoms with Crippen LogP contribution in [0.2, 0.25) is 0 Å². The van der Waals surface area contributed by atoms with Crippen LogP contribution in [0.15, 0.2) is 30.3 Å². The summed E-state index contributed by atoms with van der Waals surface area (Å²) in [5, 5.41) is 0. The smallest absolute Gasteiger partial charge is 0.201 e. The van der Waals surface area contributed by atoms with Gasteiger partial charge in [-0.05, 0) is 55.4 Å². The molecule has 1 fully saturated rings. The van der Waals surface area contributed by atoms with Crippen LogP contribution in [-0.2, 0) is 4.74 Å². The van der Waals surface area contributed by atoms with Crippen molar-refractivity contribution in [2.75, 3.05) is 13.2 Å². The molecule has 1 saturated heterocycles. The lowest BCUT2D eigenvalue weighted by Crippen LogP contribution is -2.20. The van der Waals surface area contributed by atoms with E-state index < -0.39 is 17.5 Å². The third-order valence-corrected chi connectivity index (χ3v) is 5.79. The van der Waals surface area contributed by atoms with Crippen LogP contribution in [0.3, 0.4) is 0 Å². The lowest BCUT2D eigenvalue weighted by atomic mass is 9.90. The van der Waals surface area contributed by atoms with Gasteiger partial charge in [-0.15, -0.1) is 0 Å². The predicted molar refractivity (Wildman–Crippen MR) is 113 cm³/mol. The van der Waals surface area contributed by atoms with Gasteiger partial charge in [0.05, 0.1) is 19.3 Å². The van der Waals surface area contributed by atoms with Crippen LogP contribution in [0.4, 0.5) is 13.2 Å². The molecule has 0 aromatic heterocycles. The van der Waals surface area contributed by atoms with E-state index in [1.165, 1.54) is 43.5 Å². The molecule has 0 bridgehead atoms. The second-order valence-corrected chi connectivity index (χ2v) is 8.09. The van der Waals surface area contributed by atoms with Crippen molar-refractivity contribution in [1.29, 1.82) is 0 Å². The molecule has 0 saturated carbocycles. The minimum absolute atomic E-state index is 0.0342. The molecular formula is C25H31F3O2. The maximum Gasteiger partial charge on any atom is 0.201 e. The Morgan fingerprint density at radius 3 is 2.37 bits per heavy atom. The van der Waals surface area contributed by atoms with Gasteiger partial charge in [-0.2, -0.15) is 4.39 Å². The summed E-state index contributed by atoms with van der Waals surface area (Å²) in [6.07, 6.45) is 6.95. The third kappa shape index (κ3) is 5.37. The Bertz CT molecular complexity index is 829. The average Bonchev–Trinajstić information content (AvgIpc) is 2.76. The first kappa shape index (κ1) is 22.7. The van der Waals surface area contributed by atoms with E-state index in [1.807, 2.05) is 6.92 Å². The summed E-state index contributed by atoms with van der Waals surface area (Å²) in [7, 11) is 0. The Balaban J connectivity index is 1.72. The molecule has 0 spiro atoms. The van der Waals surface area contributed by atoms with Crippen LogP contribution in [-0.4, -0.2) is 13.2 Å². The van der Waals surface area contributed by atoms with Gasteiger partial charge in [-0.1, -0.05) is 45.2 Å². The lowest BCUT2D eigenvalue weighted by Gasteiger charge is -2.29. The number of halogens is 3. The maximum atomic E-state index is 14.8. The number of benzene rings is 2. The van der Waals surface area contributed by atoms with Crippen LogP contribution >= 0.6 is 0 Å². The van der Waals surface area contributed by atoms with Crippen LogP contribution in [0.5, 0.6) is 5.75 Å². The first-order chi connectivity index (χ1) is 14.5. The highest BCUT2D eigenvalue weighted by Gasteiger charge is 2.24. The molecule has 2 aromatic rings. The zero-order chi connectivity index (χ0) is 21.5. The Kier molecular flexibility index (Phi) is 8.20. The van der Waals surface area contributed by atoms with E-state index in [2.05, 4.69) is 6.92 Å². The highest BCUT2D eigenvalue weighted by molar-refractivity contribution is 5.66. The largest absolute Gasteiger partial charge is 0.490 e. The van der Waals surface area contributed by atoms with Crippen molar-refractivity contribution in [2.24, 2.45) is 5.92 Å². The third-order valence-electron chi connectivity index (χ3n) is 5.79. The van der Waals surface area contributed by atoms with Gasteiger partial charge in [-0.3, -0.25) is 0 Å². The van der Waals surface area contributed by atoms with Crippen LogP contribution in [0.25, 0.3) is 11.1 Å². The number of hydrogen-bond acceptors (Lipinski definition) is 2. The Morgan fingerprint density at radius 2 is 1.70 bits per heavy atom. The molecule has 0 radical (unpaired) electrons. The van der Waals surface area contributed by atoms with Gasteiger partial charge in [0.25, 0.3) is 0 Å². The molecule has 5 heteroatoms. The summed E-state index contributed by atoms with van der Waals surface area (Å²) in [4.78, 5) is 0. The van der Waals surface area contributed by atoms with Gasteiger partial charge in [0.1, 0.15) is 5.82 Å². The molecule has 0 amide bonds. The first-order valence-electron chi connectivity index (χ1n) is 11.1. The van der Waals surface area contributed by atoms with Crippen LogP contribution in [0.1, 0.15) is 70.5 Å². The summed E-state index contributed by atoms with van der Waals surface area (Å²) in [6, 6.07) is 7.37. The van der Waals surface area contributed by atoms with Gasteiger partial charge in [-0.25, -0.2) is 8.78 Å². The quantitative estimate of drug-likeness (QED) is 0.389. The van der Waals surface area contributed by atoms with E-state index in [9.17, 15) is 13.2 Å². The van der Waals surface area contributed by atoms with Crippen molar-refractivity contribution in [3.63, 3.8) is 0 Å². The number of rotatable bonds is 9. The molecule has 1 aliphatic heterocycles. The van der Waals surface area contributed by atoms with E-state index in [0.29, 0.717) is 19.1 Å². The fourth-order valence-corrected chi connectivity index (χ4v) is 3.92.